The largest absolute Gasteiger partial charge is 0.339 e. The van der Waals surface area contributed by atoms with Crippen LogP contribution in [0.1, 0.15) is 31.2 Å². The van der Waals surface area contributed by atoms with Crippen LogP contribution in [0.4, 0.5) is 0 Å². The van der Waals surface area contributed by atoms with Crippen molar-refractivity contribution in [3.63, 3.8) is 0 Å². The molecule has 0 saturated carbocycles. The molecular weight excluding hydrogens is 395 g/mol. The fourth-order valence-corrected chi connectivity index (χ4v) is 8.81. The van der Waals surface area contributed by atoms with Crippen LogP contribution < -0.4 is 15.9 Å². The first-order chi connectivity index (χ1) is 15.4. The maximum Gasteiger partial charge on any atom is 0.206 e. The smallest absolute Gasteiger partial charge is 0.206 e. The lowest BCUT2D eigenvalue weighted by atomic mass is 10.2. The van der Waals surface area contributed by atoms with E-state index < -0.39 is 7.26 Å². The Morgan fingerprint density at radius 2 is 0.968 bits per heavy atom. The Morgan fingerprint density at radius 1 is 0.581 bits per heavy atom. The van der Waals surface area contributed by atoms with Crippen molar-refractivity contribution in [2.75, 3.05) is 6.61 Å². The number of hydrogen-bond donors (Lipinski definition) is 0. The predicted octanol–water partition coefficient (Wildman–Crippen LogP) is 6.50. The molecule has 0 radical (unpaired) electrons. The van der Waals surface area contributed by atoms with E-state index in [1.54, 1.807) is 0 Å². The summed E-state index contributed by atoms with van der Waals surface area (Å²) in [7, 11) is -2.15. The molecule has 0 spiro atoms. The normalized spacial score (nSPS) is 12.4. The molecule has 31 heavy (non-hydrogen) atoms. The van der Waals surface area contributed by atoms with Crippen LogP contribution in [0.25, 0.3) is 0 Å². The number of unbranched alkanes of at least 4 members (excludes halogenated alkanes) is 1. The van der Waals surface area contributed by atoms with Gasteiger partial charge in [0.05, 0.1) is 6.61 Å². The van der Waals surface area contributed by atoms with Crippen LogP contribution >= 0.6 is 7.26 Å². The van der Waals surface area contributed by atoms with Crippen molar-refractivity contribution in [2.45, 2.75) is 25.6 Å². The van der Waals surface area contributed by atoms with E-state index in [1.165, 1.54) is 21.5 Å². The molecule has 1 atom stereocenters. The van der Waals surface area contributed by atoms with E-state index in [9.17, 15) is 0 Å². The predicted molar refractivity (Wildman–Crippen MR) is 135 cm³/mol. The van der Waals surface area contributed by atoms with Gasteiger partial charge in [-0.2, -0.15) is 0 Å². The van der Waals surface area contributed by atoms with Crippen molar-refractivity contribution in [1.29, 1.82) is 0 Å². The van der Waals surface area contributed by atoms with Crippen LogP contribution in [0.5, 0.6) is 0 Å². The summed E-state index contributed by atoms with van der Waals surface area (Å²) in [5.41, 5.74) is 1.24. The minimum atomic E-state index is -2.15. The quantitative estimate of drug-likeness (QED) is 0.220. The minimum absolute atomic E-state index is 0.0487. The highest BCUT2D eigenvalue weighted by Gasteiger charge is 2.54. The van der Waals surface area contributed by atoms with E-state index in [4.69, 9.17) is 4.74 Å². The van der Waals surface area contributed by atoms with Gasteiger partial charge >= 0.3 is 0 Å². The zero-order valence-electron chi connectivity index (χ0n) is 18.1. The molecule has 0 N–H and O–H groups in total. The molecule has 2 heteroatoms. The van der Waals surface area contributed by atoms with E-state index in [1.807, 2.05) is 0 Å². The molecule has 4 rings (SSSR count). The SMILES string of the molecule is CCCCOC(c1ccccc1)[P+](c1ccccc1)(c1ccccc1)c1ccccc1. The van der Waals surface area contributed by atoms with Crippen molar-refractivity contribution in [3.8, 4) is 0 Å². The first-order valence-electron chi connectivity index (χ1n) is 11.1. The first kappa shape index (κ1) is 21.5. The summed E-state index contributed by atoms with van der Waals surface area (Å²) in [6.07, 6.45) is 2.18. The fourth-order valence-electron chi connectivity index (χ4n) is 4.23. The summed E-state index contributed by atoms with van der Waals surface area (Å²) in [5.74, 6) is -0.0487. The molecule has 0 aliphatic heterocycles. The Labute approximate surface area is 187 Å². The van der Waals surface area contributed by atoms with Gasteiger partial charge in [0.1, 0.15) is 23.2 Å². The zero-order valence-corrected chi connectivity index (χ0v) is 19.0. The molecule has 0 fully saturated rings. The monoisotopic (exact) mass is 425 g/mol. The number of ether oxygens (including phenoxy) is 1. The maximum atomic E-state index is 6.85. The molecule has 0 bridgehead atoms. The van der Waals surface area contributed by atoms with Gasteiger partial charge in [0.2, 0.25) is 5.85 Å². The Kier molecular flexibility index (Phi) is 7.30. The lowest BCUT2D eigenvalue weighted by Gasteiger charge is -2.34. The van der Waals surface area contributed by atoms with Crippen LogP contribution in [0, 0.1) is 0 Å². The van der Waals surface area contributed by atoms with Crippen LogP contribution in [0.15, 0.2) is 121 Å². The molecule has 0 amide bonds. The van der Waals surface area contributed by atoms with Gasteiger partial charge in [-0.3, -0.25) is 0 Å². The van der Waals surface area contributed by atoms with Crippen LogP contribution in [-0.2, 0) is 4.74 Å². The summed E-state index contributed by atoms with van der Waals surface area (Å²) in [6.45, 7) is 2.97. The van der Waals surface area contributed by atoms with Crippen molar-refractivity contribution in [1.82, 2.24) is 0 Å². The van der Waals surface area contributed by atoms with Gasteiger partial charge in [-0.15, -0.1) is 0 Å². The Hall–Kier alpha value is -2.73. The van der Waals surface area contributed by atoms with Gasteiger partial charge in [0, 0.05) is 5.56 Å². The summed E-state index contributed by atoms with van der Waals surface area (Å²) in [4.78, 5) is 0. The number of hydrogen-bond acceptors (Lipinski definition) is 1. The molecular formula is C29H30OP+. The van der Waals surface area contributed by atoms with Crippen LogP contribution in [0.2, 0.25) is 0 Å². The van der Waals surface area contributed by atoms with Crippen molar-refractivity contribution >= 4 is 23.2 Å². The second-order valence-electron chi connectivity index (χ2n) is 7.72. The molecule has 0 aliphatic rings. The fraction of sp³-hybridized carbons (Fsp3) is 0.172. The van der Waals surface area contributed by atoms with E-state index in [2.05, 4.69) is 128 Å². The van der Waals surface area contributed by atoms with E-state index in [0.29, 0.717) is 0 Å². The van der Waals surface area contributed by atoms with Gasteiger partial charge in [-0.05, 0) is 42.8 Å². The van der Waals surface area contributed by atoms with E-state index in [0.717, 1.165) is 19.4 Å². The molecule has 4 aromatic carbocycles. The number of rotatable bonds is 9. The van der Waals surface area contributed by atoms with E-state index >= 15 is 0 Å². The molecule has 0 aromatic heterocycles. The molecule has 0 heterocycles. The topological polar surface area (TPSA) is 9.23 Å². The van der Waals surface area contributed by atoms with Gasteiger partial charge in [-0.25, -0.2) is 0 Å². The van der Waals surface area contributed by atoms with Crippen LogP contribution in [-0.4, -0.2) is 6.61 Å². The molecule has 1 unspecified atom stereocenters. The average molecular weight is 426 g/mol. The lowest BCUT2D eigenvalue weighted by Crippen LogP contribution is -2.36. The van der Waals surface area contributed by atoms with Gasteiger partial charge < -0.3 is 4.74 Å². The molecule has 156 valence electrons. The highest BCUT2D eigenvalue weighted by molar-refractivity contribution is 7.95. The molecule has 4 aromatic rings. The third-order valence-electron chi connectivity index (χ3n) is 5.70. The highest BCUT2D eigenvalue weighted by Crippen LogP contribution is 2.67. The van der Waals surface area contributed by atoms with Gasteiger partial charge in [0.25, 0.3) is 0 Å². The van der Waals surface area contributed by atoms with Crippen LogP contribution in [0.3, 0.4) is 0 Å². The summed E-state index contributed by atoms with van der Waals surface area (Å²) >= 11 is 0. The Bertz CT molecular complexity index is 936. The van der Waals surface area contributed by atoms with Crippen molar-refractivity contribution in [3.05, 3.63) is 127 Å². The highest BCUT2D eigenvalue weighted by atomic mass is 31.2. The number of benzene rings is 4. The first-order valence-corrected chi connectivity index (χ1v) is 12.9. The standard InChI is InChI=1S/C29H30OP/c1-2-3-24-30-29(25-16-8-4-9-17-25)31(26-18-10-5-11-19-26,27-20-12-6-13-21-27)28-22-14-7-15-23-28/h4-23,29H,2-3,24H2,1H3/q+1. The minimum Gasteiger partial charge on any atom is -0.339 e. The maximum absolute atomic E-state index is 6.85. The average Bonchev–Trinajstić information content (AvgIpc) is 2.86. The zero-order chi connectivity index (χ0) is 21.4. The summed E-state index contributed by atoms with van der Waals surface area (Å²) < 4.78 is 6.85. The Balaban J connectivity index is 2.04. The van der Waals surface area contributed by atoms with Gasteiger partial charge in [0.15, 0.2) is 0 Å². The lowest BCUT2D eigenvalue weighted by molar-refractivity contribution is 0.106. The molecule has 0 aliphatic carbocycles. The second-order valence-corrected chi connectivity index (χ2v) is 11.2. The summed E-state index contributed by atoms with van der Waals surface area (Å²) in [5, 5.41) is 4.04. The molecule has 1 nitrogen and oxygen atoms in total. The third-order valence-corrected chi connectivity index (χ3v) is 10.2. The van der Waals surface area contributed by atoms with Gasteiger partial charge in [-0.1, -0.05) is 98.3 Å². The third kappa shape index (κ3) is 4.49. The van der Waals surface area contributed by atoms with Crippen molar-refractivity contribution < 1.29 is 4.74 Å². The van der Waals surface area contributed by atoms with E-state index in [-0.39, 0.29) is 5.85 Å². The Morgan fingerprint density at radius 3 is 1.35 bits per heavy atom. The second kappa shape index (κ2) is 10.5. The molecule has 0 saturated heterocycles. The summed E-state index contributed by atoms with van der Waals surface area (Å²) in [6, 6.07) is 43.7. The van der Waals surface area contributed by atoms with Crippen molar-refractivity contribution in [2.24, 2.45) is 0 Å².